The van der Waals surface area contributed by atoms with E-state index < -0.39 is 0 Å². The van der Waals surface area contributed by atoms with Gasteiger partial charge < -0.3 is 10.6 Å². The Kier molecular flexibility index (Phi) is 5.80. The second kappa shape index (κ2) is 8.36. The predicted molar refractivity (Wildman–Crippen MR) is 122 cm³/mol. The van der Waals surface area contributed by atoms with Crippen molar-refractivity contribution in [3.05, 3.63) is 58.7 Å². The van der Waals surface area contributed by atoms with Crippen LogP contribution in [0.5, 0.6) is 0 Å². The summed E-state index contributed by atoms with van der Waals surface area (Å²) in [4.78, 5) is 17.3. The second-order valence-electron chi connectivity index (χ2n) is 7.99. The molecule has 0 atom stereocenters. The van der Waals surface area contributed by atoms with Gasteiger partial charge in [-0.3, -0.25) is 9.37 Å². The summed E-state index contributed by atoms with van der Waals surface area (Å²) in [5, 5.41) is 8.21. The van der Waals surface area contributed by atoms with Gasteiger partial charge in [-0.2, -0.15) is 0 Å². The molecule has 30 heavy (non-hydrogen) atoms. The lowest BCUT2D eigenvalue weighted by atomic mass is 10.00. The van der Waals surface area contributed by atoms with Crippen LogP contribution in [0.1, 0.15) is 32.4 Å². The first-order valence-electron chi connectivity index (χ1n) is 9.89. The first kappa shape index (κ1) is 20.8. The molecule has 1 saturated carbocycles. The summed E-state index contributed by atoms with van der Waals surface area (Å²) in [7, 11) is 0. The number of carbonyl (C=O) groups excluding carboxylic acids is 1. The van der Waals surface area contributed by atoms with Gasteiger partial charge in [0.2, 0.25) is 0 Å². The number of amides is 2. The summed E-state index contributed by atoms with van der Waals surface area (Å²) in [6.45, 7) is 3.44. The lowest BCUT2D eigenvalue weighted by Crippen LogP contribution is -2.34. The minimum atomic E-state index is -0.372. The summed E-state index contributed by atoms with van der Waals surface area (Å²) < 4.78 is 13.4. The molecule has 0 bridgehead atoms. The molecule has 0 spiro atoms. The van der Waals surface area contributed by atoms with E-state index in [9.17, 15) is 9.18 Å². The Morgan fingerprint density at radius 2 is 2.03 bits per heavy atom. The molecule has 3 aromatic rings. The van der Waals surface area contributed by atoms with E-state index in [0.29, 0.717) is 10.7 Å². The van der Waals surface area contributed by atoms with Crippen LogP contribution in [0, 0.1) is 0 Å². The molecule has 0 aliphatic heterocycles. The maximum Gasteiger partial charge on any atom is 0.319 e. The third-order valence-corrected chi connectivity index (χ3v) is 6.53. The molecule has 0 radical (unpaired) electrons. The second-order valence-corrected chi connectivity index (χ2v) is 9.31. The minimum Gasteiger partial charge on any atom is -0.336 e. The molecule has 2 N–H and O–H groups in total. The maximum absolute atomic E-state index is 13.4. The average Bonchev–Trinajstić information content (AvgIpc) is 3.37. The van der Waals surface area contributed by atoms with Crippen molar-refractivity contribution in [2.75, 3.05) is 12.0 Å². The predicted octanol–water partition coefficient (Wildman–Crippen LogP) is 6.66. The molecule has 0 unspecified atom stereocenters. The molecule has 2 aromatic heterocycles. The number of aromatic nitrogens is 1. The number of alkyl halides is 1. The maximum atomic E-state index is 13.4. The van der Waals surface area contributed by atoms with Gasteiger partial charge in [-0.25, -0.2) is 4.79 Å². The summed E-state index contributed by atoms with van der Waals surface area (Å²) >= 11 is 8.10. The van der Waals surface area contributed by atoms with Crippen molar-refractivity contribution in [1.29, 1.82) is 0 Å². The van der Waals surface area contributed by atoms with Crippen LogP contribution in [-0.2, 0) is 5.41 Å². The highest BCUT2D eigenvalue weighted by molar-refractivity contribution is 7.14. The molecule has 1 aliphatic carbocycles. The number of anilines is 1. The number of rotatable bonds is 6. The topological polar surface area (TPSA) is 54.0 Å². The van der Waals surface area contributed by atoms with E-state index >= 15 is 0 Å². The fraction of sp³-hybridized carbons (Fsp3) is 0.304. The van der Waals surface area contributed by atoms with Crippen LogP contribution in [0.4, 0.5) is 14.9 Å². The lowest BCUT2D eigenvalue weighted by Gasteiger charge is -2.11. The molecule has 2 amide bonds. The lowest BCUT2D eigenvalue weighted by molar-refractivity contribution is 0.250. The average molecular weight is 444 g/mol. The van der Waals surface area contributed by atoms with Crippen LogP contribution >= 0.6 is 22.9 Å². The fourth-order valence-corrected chi connectivity index (χ4v) is 4.66. The Morgan fingerprint density at radius 3 is 2.70 bits per heavy atom. The molecule has 1 fully saturated rings. The van der Waals surface area contributed by atoms with Crippen LogP contribution in [0.15, 0.2) is 48.0 Å². The molecule has 4 nitrogen and oxygen atoms in total. The van der Waals surface area contributed by atoms with Crippen molar-refractivity contribution in [2.24, 2.45) is 0 Å². The van der Waals surface area contributed by atoms with Crippen LogP contribution in [0.3, 0.4) is 0 Å². The summed E-state index contributed by atoms with van der Waals surface area (Å²) in [5.74, 6) is 0. The zero-order chi connectivity index (χ0) is 21.3. The van der Waals surface area contributed by atoms with Crippen molar-refractivity contribution in [2.45, 2.75) is 38.1 Å². The van der Waals surface area contributed by atoms with Crippen LogP contribution < -0.4 is 10.6 Å². The largest absolute Gasteiger partial charge is 0.336 e. The number of hydrogen-bond donors (Lipinski definition) is 2. The zero-order valence-electron chi connectivity index (χ0n) is 16.8. The van der Waals surface area contributed by atoms with Gasteiger partial charge in [0.25, 0.3) is 0 Å². The molecule has 2 heterocycles. The highest BCUT2D eigenvalue weighted by Gasteiger charge is 2.45. The summed E-state index contributed by atoms with van der Waals surface area (Å²) in [6, 6.07) is 11.3. The Labute approximate surface area is 184 Å². The zero-order valence-corrected chi connectivity index (χ0v) is 18.4. The van der Waals surface area contributed by atoms with E-state index in [2.05, 4.69) is 27.1 Å². The Hall–Kier alpha value is -2.44. The van der Waals surface area contributed by atoms with E-state index in [1.54, 1.807) is 23.6 Å². The van der Waals surface area contributed by atoms with Crippen LogP contribution in [-0.4, -0.2) is 23.7 Å². The monoisotopic (exact) mass is 443 g/mol. The third-order valence-electron chi connectivity index (χ3n) is 5.26. The van der Waals surface area contributed by atoms with Gasteiger partial charge in [0.1, 0.15) is 6.67 Å². The molecular weight excluding hydrogens is 421 g/mol. The number of hydrogen-bond acceptors (Lipinski definition) is 3. The molecule has 1 aromatic carbocycles. The van der Waals surface area contributed by atoms with Gasteiger partial charge in [-0.1, -0.05) is 11.6 Å². The van der Waals surface area contributed by atoms with E-state index in [0.717, 1.165) is 40.1 Å². The van der Waals surface area contributed by atoms with E-state index in [-0.39, 0.29) is 24.2 Å². The number of carbonyl (C=O) groups is 1. The molecule has 0 saturated heterocycles. The number of urea groups is 1. The van der Waals surface area contributed by atoms with Crippen LogP contribution in [0.2, 0.25) is 5.02 Å². The Morgan fingerprint density at radius 1 is 1.23 bits per heavy atom. The smallest absolute Gasteiger partial charge is 0.319 e. The van der Waals surface area contributed by atoms with Gasteiger partial charge in [0.05, 0.1) is 5.02 Å². The SMILES string of the molecule is CC(C)NC(=O)Nc1ccc(-c2cc(-c3ccnc(C4(CF)CC4)c3)cs2)c(Cl)c1. The van der Waals surface area contributed by atoms with E-state index in [1.165, 1.54) is 0 Å². The molecule has 7 heteroatoms. The van der Waals surface area contributed by atoms with Crippen molar-refractivity contribution >= 4 is 34.7 Å². The van der Waals surface area contributed by atoms with Crippen molar-refractivity contribution < 1.29 is 9.18 Å². The number of halogens is 2. The first-order chi connectivity index (χ1) is 14.4. The van der Waals surface area contributed by atoms with Crippen molar-refractivity contribution in [3.63, 3.8) is 0 Å². The van der Waals surface area contributed by atoms with Crippen molar-refractivity contribution in [3.8, 4) is 21.6 Å². The van der Waals surface area contributed by atoms with Gasteiger partial charge in [0, 0.05) is 39.5 Å². The molecular formula is C23H23ClFN3OS. The quantitative estimate of drug-likeness (QED) is 0.447. The molecule has 156 valence electrons. The Balaban J connectivity index is 1.54. The van der Waals surface area contributed by atoms with Gasteiger partial charge in [-0.05, 0) is 79.6 Å². The summed E-state index contributed by atoms with van der Waals surface area (Å²) in [5.41, 5.74) is 4.09. The number of pyridine rings is 1. The number of nitrogens with zero attached hydrogens (tertiary/aromatic N) is 1. The van der Waals surface area contributed by atoms with Crippen LogP contribution in [0.25, 0.3) is 21.6 Å². The summed E-state index contributed by atoms with van der Waals surface area (Å²) in [6.07, 6.45) is 3.48. The number of benzene rings is 1. The fourth-order valence-electron chi connectivity index (χ4n) is 3.36. The normalized spacial score (nSPS) is 14.6. The number of thiophene rings is 1. The van der Waals surface area contributed by atoms with E-state index in [1.807, 2.05) is 38.1 Å². The van der Waals surface area contributed by atoms with E-state index in [4.69, 9.17) is 11.6 Å². The van der Waals surface area contributed by atoms with Gasteiger partial charge in [-0.15, -0.1) is 11.3 Å². The Bertz CT molecular complexity index is 1080. The standard InChI is InChI=1S/C23H23ClFN3OS/c1-14(2)27-22(29)28-17-3-4-18(19(24)11-17)20-9-16(12-30-20)15-5-8-26-21(10-15)23(13-25)6-7-23/h3-5,8-12,14H,6-7,13H2,1-2H3,(H2,27,28,29). The van der Waals surface area contributed by atoms with Gasteiger partial charge in [0.15, 0.2) is 0 Å². The molecule has 1 aliphatic rings. The molecule has 4 rings (SSSR count). The first-order valence-corrected chi connectivity index (χ1v) is 11.1. The number of nitrogens with one attached hydrogen (secondary N) is 2. The van der Waals surface area contributed by atoms with Gasteiger partial charge >= 0.3 is 6.03 Å². The minimum absolute atomic E-state index is 0.0534. The van der Waals surface area contributed by atoms with Crippen molar-refractivity contribution in [1.82, 2.24) is 10.3 Å². The highest BCUT2D eigenvalue weighted by Crippen LogP contribution is 2.48. The highest BCUT2D eigenvalue weighted by atomic mass is 35.5. The third kappa shape index (κ3) is 4.35.